The number of benzene rings is 1. The molecule has 5 heteroatoms. The van der Waals surface area contributed by atoms with Gasteiger partial charge in [0.2, 0.25) is 0 Å². The molecule has 2 rings (SSSR count). The molecule has 0 bridgehead atoms. The minimum atomic E-state index is -0.334. The van der Waals surface area contributed by atoms with Gasteiger partial charge in [-0.1, -0.05) is 0 Å². The molecule has 0 atom stereocenters. The highest BCUT2D eigenvalue weighted by atomic mass is 79.9. The van der Waals surface area contributed by atoms with E-state index in [1.165, 1.54) is 12.3 Å². The third-order valence-corrected chi connectivity index (χ3v) is 2.84. The van der Waals surface area contributed by atoms with E-state index < -0.39 is 0 Å². The summed E-state index contributed by atoms with van der Waals surface area (Å²) in [5, 5.41) is 8.63. The second-order valence-electron chi connectivity index (χ2n) is 3.51. The van der Waals surface area contributed by atoms with Crippen LogP contribution in [0.15, 0.2) is 41.0 Å². The Morgan fingerprint density at radius 1 is 1.33 bits per heavy atom. The van der Waals surface area contributed by atoms with Crippen LogP contribution in [0.5, 0.6) is 5.75 Å². The molecule has 0 aliphatic heterocycles. The standard InChI is InChI=1S/C13H8BrFN2O/c14-12-5-11(3-4-13(12)15)18-8-10-2-1-9(6-16)7-17-10/h1-5,7H,8H2. The normalized spacial score (nSPS) is 9.83. The maximum atomic E-state index is 13.0. The lowest BCUT2D eigenvalue weighted by Gasteiger charge is -2.06. The summed E-state index contributed by atoms with van der Waals surface area (Å²) in [4.78, 5) is 4.07. The van der Waals surface area contributed by atoms with Gasteiger partial charge in [0, 0.05) is 6.20 Å². The van der Waals surface area contributed by atoms with Crippen molar-refractivity contribution in [1.82, 2.24) is 4.98 Å². The topological polar surface area (TPSA) is 45.9 Å². The number of hydrogen-bond acceptors (Lipinski definition) is 3. The van der Waals surface area contributed by atoms with Crippen LogP contribution in [0.1, 0.15) is 11.3 Å². The molecule has 1 aromatic carbocycles. The molecule has 90 valence electrons. The SMILES string of the molecule is N#Cc1ccc(COc2ccc(F)c(Br)c2)nc1. The lowest BCUT2D eigenvalue weighted by molar-refractivity contribution is 0.300. The predicted molar refractivity (Wildman–Crippen MR) is 67.4 cm³/mol. The van der Waals surface area contributed by atoms with Crippen LogP contribution in [-0.4, -0.2) is 4.98 Å². The zero-order chi connectivity index (χ0) is 13.0. The summed E-state index contributed by atoms with van der Waals surface area (Å²) in [5.41, 5.74) is 1.21. The Labute approximate surface area is 112 Å². The Morgan fingerprint density at radius 2 is 2.17 bits per heavy atom. The molecular formula is C13H8BrFN2O. The fourth-order valence-corrected chi connectivity index (χ4v) is 1.66. The molecule has 0 saturated carbocycles. The minimum absolute atomic E-state index is 0.268. The van der Waals surface area contributed by atoms with Gasteiger partial charge in [-0.3, -0.25) is 4.98 Å². The molecular weight excluding hydrogens is 299 g/mol. The lowest BCUT2D eigenvalue weighted by Crippen LogP contribution is -1.98. The van der Waals surface area contributed by atoms with E-state index in [4.69, 9.17) is 10.00 Å². The molecule has 2 aromatic rings. The number of rotatable bonds is 3. The van der Waals surface area contributed by atoms with Gasteiger partial charge in [0.25, 0.3) is 0 Å². The van der Waals surface area contributed by atoms with Gasteiger partial charge in [-0.15, -0.1) is 0 Å². The minimum Gasteiger partial charge on any atom is -0.487 e. The summed E-state index contributed by atoms with van der Waals surface area (Å²) >= 11 is 3.08. The Balaban J connectivity index is 2.02. The highest BCUT2D eigenvalue weighted by molar-refractivity contribution is 9.10. The molecule has 0 N–H and O–H groups in total. The largest absolute Gasteiger partial charge is 0.487 e. The number of hydrogen-bond donors (Lipinski definition) is 0. The maximum absolute atomic E-state index is 13.0. The van der Waals surface area contributed by atoms with Crippen molar-refractivity contribution in [2.45, 2.75) is 6.61 Å². The van der Waals surface area contributed by atoms with Crippen molar-refractivity contribution in [3.63, 3.8) is 0 Å². The van der Waals surface area contributed by atoms with E-state index >= 15 is 0 Å². The average Bonchev–Trinajstić information content (AvgIpc) is 2.41. The van der Waals surface area contributed by atoms with Gasteiger partial charge in [-0.25, -0.2) is 4.39 Å². The molecule has 18 heavy (non-hydrogen) atoms. The van der Waals surface area contributed by atoms with Gasteiger partial charge < -0.3 is 4.74 Å². The Kier molecular flexibility index (Phi) is 3.90. The Hall–Kier alpha value is -1.93. The van der Waals surface area contributed by atoms with E-state index in [9.17, 15) is 4.39 Å². The number of pyridine rings is 1. The molecule has 0 aliphatic carbocycles. The van der Waals surface area contributed by atoms with Crippen molar-refractivity contribution >= 4 is 15.9 Å². The molecule has 1 heterocycles. The first-order chi connectivity index (χ1) is 8.69. The summed E-state index contributed by atoms with van der Waals surface area (Å²) in [6, 6.07) is 9.81. The number of aromatic nitrogens is 1. The van der Waals surface area contributed by atoms with Crippen LogP contribution >= 0.6 is 15.9 Å². The first kappa shape index (κ1) is 12.5. The van der Waals surface area contributed by atoms with Crippen molar-refractivity contribution in [2.75, 3.05) is 0 Å². The lowest BCUT2D eigenvalue weighted by atomic mass is 10.3. The van der Waals surface area contributed by atoms with E-state index in [1.807, 2.05) is 6.07 Å². The van der Waals surface area contributed by atoms with Crippen molar-refractivity contribution in [2.24, 2.45) is 0 Å². The number of nitriles is 1. The molecule has 0 aliphatic rings. The molecule has 0 amide bonds. The van der Waals surface area contributed by atoms with Gasteiger partial charge in [-0.2, -0.15) is 5.26 Å². The third kappa shape index (κ3) is 3.05. The van der Waals surface area contributed by atoms with E-state index in [1.54, 1.807) is 24.3 Å². The van der Waals surface area contributed by atoms with Crippen LogP contribution < -0.4 is 4.74 Å². The smallest absolute Gasteiger partial charge is 0.137 e. The van der Waals surface area contributed by atoms with E-state index in [0.29, 0.717) is 21.5 Å². The molecule has 1 aromatic heterocycles. The van der Waals surface area contributed by atoms with E-state index in [2.05, 4.69) is 20.9 Å². The van der Waals surface area contributed by atoms with Crippen LogP contribution in [0.2, 0.25) is 0 Å². The van der Waals surface area contributed by atoms with Crippen molar-refractivity contribution in [3.05, 3.63) is 58.1 Å². The molecule has 0 radical (unpaired) electrons. The summed E-state index contributed by atoms with van der Waals surface area (Å²) < 4.78 is 18.8. The Morgan fingerprint density at radius 3 is 2.78 bits per heavy atom. The summed E-state index contributed by atoms with van der Waals surface area (Å²) in [5.74, 6) is 0.216. The summed E-state index contributed by atoms with van der Waals surface area (Å²) in [6.45, 7) is 0.268. The maximum Gasteiger partial charge on any atom is 0.137 e. The van der Waals surface area contributed by atoms with Crippen LogP contribution in [0.25, 0.3) is 0 Å². The van der Waals surface area contributed by atoms with Crippen molar-refractivity contribution < 1.29 is 9.13 Å². The second-order valence-corrected chi connectivity index (χ2v) is 4.37. The number of nitrogens with zero attached hydrogens (tertiary/aromatic N) is 2. The average molecular weight is 307 g/mol. The van der Waals surface area contributed by atoms with Gasteiger partial charge in [0.15, 0.2) is 0 Å². The van der Waals surface area contributed by atoms with E-state index in [0.717, 1.165) is 0 Å². The van der Waals surface area contributed by atoms with Crippen LogP contribution in [0.3, 0.4) is 0 Å². The quantitative estimate of drug-likeness (QED) is 0.872. The molecule has 0 unspecified atom stereocenters. The fraction of sp³-hybridized carbons (Fsp3) is 0.0769. The predicted octanol–water partition coefficient (Wildman–Crippen LogP) is 3.43. The van der Waals surface area contributed by atoms with Crippen LogP contribution in [0.4, 0.5) is 4.39 Å². The highest BCUT2D eigenvalue weighted by Gasteiger charge is 2.02. The van der Waals surface area contributed by atoms with Gasteiger partial charge >= 0.3 is 0 Å². The second kappa shape index (κ2) is 5.61. The molecule has 0 spiro atoms. The molecule has 0 saturated heterocycles. The van der Waals surface area contributed by atoms with Gasteiger partial charge in [-0.05, 0) is 46.3 Å². The number of ether oxygens (including phenoxy) is 1. The molecule has 3 nitrogen and oxygen atoms in total. The van der Waals surface area contributed by atoms with Gasteiger partial charge in [0.1, 0.15) is 24.2 Å². The van der Waals surface area contributed by atoms with E-state index in [-0.39, 0.29) is 12.4 Å². The summed E-state index contributed by atoms with van der Waals surface area (Å²) in [6.07, 6.45) is 1.49. The first-order valence-corrected chi connectivity index (χ1v) is 5.91. The molecule has 0 fully saturated rings. The Bertz CT molecular complexity index is 593. The van der Waals surface area contributed by atoms with Gasteiger partial charge in [0.05, 0.1) is 15.7 Å². The first-order valence-electron chi connectivity index (χ1n) is 5.12. The van der Waals surface area contributed by atoms with Crippen molar-refractivity contribution in [1.29, 1.82) is 5.26 Å². The van der Waals surface area contributed by atoms with Crippen molar-refractivity contribution in [3.8, 4) is 11.8 Å². The number of halogens is 2. The zero-order valence-corrected chi connectivity index (χ0v) is 10.8. The fourth-order valence-electron chi connectivity index (χ4n) is 1.30. The third-order valence-electron chi connectivity index (χ3n) is 2.23. The summed E-state index contributed by atoms with van der Waals surface area (Å²) in [7, 11) is 0. The zero-order valence-electron chi connectivity index (χ0n) is 9.23. The van der Waals surface area contributed by atoms with Crippen LogP contribution in [-0.2, 0) is 6.61 Å². The monoisotopic (exact) mass is 306 g/mol. The van der Waals surface area contributed by atoms with Crippen LogP contribution in [0, 0.1) is 17.1 Å². The highest BCUT2D eigenvalue weighted by Crippen LogP contribution is 2.22.